The van der Waals surface area contributed by atoms with Crippen molar-refractivity contribution in [3.05, 3.63) is 275 Å². The van der Waals surface area contributed by atoms with Crippen molar-refractivity contribution in [2.45, 2.75) is 20.2 Å². The molecule has 0 amide bonds. The number of fused-ring (bicyclic) bond motifs is 2. The fourth-order valence-electron chi connectivity index (χ4n) is 8.30. The molecule has 0 bridgehead atoms. The Balaban J connectivity index is 0.000000271. The molecule has 0 aromatic heterocycles. The summed E-state index contributed by atoms with van der Waals surface area (Å²) in [5.74, 6) is 0. The first-order chi connectivity index (χ1) is 29.3. The number of allylic oxidation sites excluding steroid dienone is 2. The van der Waals surface area contributed by atoms with Gasteiger partial charge >= 0.3 is 282 Å². The molecule has 0 aliphatic heterocycles. The second kappa shape index (κ2) is 19.4. The second-order valence-corrected chi connectivity index (χ2v) is 24.7. The van der Waals surface area contributed by atoms with Crippen LogP contribution in [0.4, 0.5) is 0 Å². The summed E-state index contributed by atoms with van der Waals surface area (Å²) in [4.78, 5) is 0. The van der Waals surface area contributed by atoms with E-state index in [9.17, 15) is 0 Å². The monoisotopic (exact) mass is 960 g/mol. The van der Waals surface area contributed by atoms with Gasteiger partial charge in [-0.1, -0.05) is 60.7 Å². The van der Waals surface area contributed by atoms with Crippen LogP contribution >= 0.6 is 15.8 Å². The average molecular weight is 959 g/mol. The fourth-order valence-corrected chi connectivity index (χ4v) is 23.5. The van der Waals surface area contributed by atoms with Crippen LogP contribution in [0, 0.1) is 0 Å². The minimum absolute atomic E-state index is 0.524. The zero-order valence-corrected chi connectivity index (χ0v) is 38.4. The van der Waals surface area contributed by atoms with Crippen molar-refractivity contribution in [3.8, 4) is 0 Å². The Bertz CT molecular complexity index is 2360. The molecule has 0 saturated carbocycles. The third-order valence-corrected chi connectivity index (χ3v) is 24.8. The van der Waals surface area contributed by atoms with E-state index < -0.39 is 38.7 Å². The van der Waals surface area contributed by atoms with E-state index in [0.717, 1.165) is 12.8 Å². The molecular formula is C56H46HfP2. The Labute approximate surface area is 364 Å². The van der Waals surface area contributed by atoms with Crippen molar-refractivity contribution < 1.29 is 22.9 Å². The number of hydrogen-bond acceptors (Lipinski definition) is 0. The quantitative estimate of drug-likeness (QED) is 0.0895. The van der Waals surface area contributed by atoms with E-state index in [2.05, 4.69) is 243 Å². The van der Waals surface area contributed by atoms with Crippen molar-refractivity contribution in [2.24, 2.45) is 0 Å². The summed E-state index contributed by atoms with van der Waals surface area (Å²) in [5.41, 5.74) is 8.79. The first kappa shape index (κ1) is 39.4. The fraction of sp³-hybridized carbons (Fsp3) is 0.0714. The van der Waals surface area contributed by atoms with Gasteiger partial charge in [0, 0.05) is 0 Å². The van der Waals surface area contributed by atoms with Crippen molar-refractivity contribution in [3.63, 3.8) is 0 Å². The van der Waals surface area contributed by atoms with Gasteiger partial charge in [-0.25, -0.2) is 0 Å². The summed E-state index contributed by atoms with van der Waals surface area (Å²) in [7, 11) is -1.29. The Hall–Kier alpha value is -5.03. The van der Waals surface area contributed by atoms with Gasteiger partial charge in [-0.2, -0.15) is 0 Å². The molecule has 284 valence electrons. The van der Waals surface area contributed by atoms with Gasteiger partial charge in [-0.05, 0) is 24.0 Å². The zero-order chi connectivity index (χ0) is 39.6. The summed E-state index contributed by atoms with van der Waals surface area (Å²) < 4.78 is 1.05. The minimum atomic E-state index is -1.48. The largest absolute Gasteiger partial charge is 0.0622 e. The van der Waals surface area contributed by atoms with Gasteiger partial charge < -0.3 is 0 Å². The van der Waals surface area contributed by atoms with E-state index >= 15 is 0 Å². The molecule has 0 spiro atoms. The third kappa shape index (κ3) is 9.25. The summed E-state index contributed by atoms with van der Waals surface area (Å²) >= 11 is -1.48. The van der Waals surface area contributed by atoms with Gasteiger partial charge in [0.25, 0.3) is 0 Å². The maximum atomic E-state index is 2.58. The normalized spacial score (nSPS) is 15.1. The van der Waals surface area contributed by atoms with Gasteiger partial charge in [0.2, 0.25) is 0 Å². The van der Waals surface area contributed by atoms with Crippen LogP contribution in [-0.2, 0) is 35.7 Å². The van der Waals surface area contributed by atoms with Crippen LogP contribution in [0.1, 0.15) is 40.7 Å². The van der Waals surface area contributed by atoms with Crippen LogP contribution in [0.15, 0.2) is 241 Å². The van der Waals surface area contributed by atoms with E-state index in [1.165, 1.54) is 43.5 Å². The third-order valence-electron chi connectivity index (χ3n) is 11.1. The summed E-state index contributed by atoms with van der Waals surface area (Å²) in [6.07, 6.45) is 7.43. The predicted octanol–water partition coefficient (Wildman–Crippen LogP) is 13.0. The van der Waals surface area contributed by atoms with Gasteiger partial charge in [-0.3, -0.25) is 0 Å². The maximum absolute atomic E-state index is 2.58. The van der Waals surface area contributed by atoms with E-state index in [1.54, 1.807) is 21.8 Å². The van der Waals surface area contributed by atoms with Crippen LogP contribution in [0.2, 0.25) is 0 Å². The number of aryl methyl sites for hydroxylation is 2. The van der Waals surface area contributed by atoms with Crippen molar-refractivity contribution in [2.75, 3.05) is 0 Å². The topological polar surface area (TPSA) is 0 Å². The molecule has 2 unspecified atom stereocenters. The summed E-state index contributed by atoms with van der Waals surface area (Å²) in [6.45, 7) is 0. The molecule has 8 aromatic carbocycles. The standard InChI is InChI=1S/2C21H16P.C14H14.Hf/c2*1-3-11-19(12-4-1)22(20-13-5-2-6-14-20)21-15-17-9-7-8-10-18(17)16-21;1-3-7-13(8-4-1)11-12-14-9-5-2-6-10-14;/h2*1-16H;1-10H,11-12H2;. The molecule has 0 nitrogen and oxygen atoms in total. The molecule has 2 aliphatic carbocycles. The summed E-state index contributed by atoms with van der Waals surface area (Å²) in [5, 5.41) is 9.10. The Morgan fingerprint density at radius 3 is 0.898 bits per heavy atom. The van der Waals surface area contributed by atoms with Gasteiger partial charge in [0.15, 0.2) is 0 Å². The Morgan fingerprint density at radius 2 is 0.576 bits per heavy atom. The first-order valence-corrected chi connectivity index (χ1v) is 27.4. The minimum Gasteiger partial charge on any atom is -0.0622 e. The van der Waals surface area contributed by atoms with E-state index in [0.29, 0.717) is 7.35 Å². The van der Waals surface area contributed by atoms with Crippen LogP contribution in [0.3, 0.4) is 0 Å². The van der Waals surface area contributed by atoms with Crippen LogP contribution < -0.4 is 21.2 Å². The molecule has 2 aliphatic rings. The van der Waals surface area contributed by atoms with Crippen LogP contribution in [-0.4, -0.2) is 0 Å². The zero-order valence-electron chi connectivity index (χ0n) is 33.1. The van der Waals surface area contributed by atoms with Crippen molar-refractivity contribution in [1.29, 1.82) is 0 Å². The number of hydrogen-bond donors (Lipinski definition) is 0. The Kier molecular flexibility index (Phi) is 12.9. The molecule has 59 heavy (non-hydrogen) atoms. The molecule has 0 fully saturated rings. The number of benzene rings is 8. The number of rotatable bonds is 11. The molecule has 0 heterocycles. The first-order valence-electron chi connectivity index (χ1n) is 20.6. The van der Waals surface area contributed by atoms with Gasteiger partial charge in [0.1, 0.15) is 0 Å². The predicted molar refractivity (Wildman–Crippen MR) is 253 cm³/mol. The molecule has 10 rings (SSSR count). The van der Waals surface area contributed by atoms with Crippen LogP contribution in [0.25, 0.3) is 12.2 Å². The van der Waals surface area contributed by atoms with E-state index in [1.807, 2.05) is 0 Å². The van der Waals surface area contributed by atoms with E-state index in [-0.39, 0.29) is 0 Å². The maximum Gasteiger partial charge on any atom is -0.0238 e. The molecular weight excluding hydrogens is 913 g/mol. The van der Waals surface area contributed by atoms with Crippen molar-refractivity contribution in [1.82, 2.24) is 0 Å². The van der Waals surface area contributed by atoms with Crippen molar-refractivity contribution >= 4 is 49.2 Å². The molecule has 2 atom stereocenters. The Morgan fingerprint density at radius 1 is 0.305 bits per heavy atom. The molecule has 0 N–H and O–H groups in total. The SMILES string of the molecule is C1=C(P(c2ccccc2)c2ccccc2)[CH]([Hf][CH]2C(P(c3ccccc3)c3ccccc3)=Cc3ccccc32)c2ccccc21.c1ccc(CCc2ccccc2)cc1. The van der Waals surface area contributed by atoms with Gasteiger partial charge in [-0.15, -0.1) is 0 Å². The molecule has 8 aromatic rings. The average Bonchev–Trinajstić information content (AvgIpc) is 3.86. The second-order valence-electron chi connectivity index (χ2n) is 14.9. The van der Waals surface area contributed by atoms with Gasteiger partial charge in [0.05, 0.1) is 0 Å². The van der Waals surface area contributed by atoms with Crippen LogP contribution in [0.5, 0.6) is 0 Å². The summed E-state index contributed by atoms with van der Waals surface area (Å²) in [6, 6.07) is 84.9. The molecule has 0 radical (unpaired) electrons. The molecule has 0 saturated heterocycles. The smallest absolute Gasteiger partial charge is 0.0238 e. The molecule has 3 heteroatoms. The van der Waals surface area contributed by atoms with E-state index in [4.69, 9.17) is 0 Å².